The molecule has 2 saturated heterocycles. The molecule has 2 fully saturated rings. The molecule has 2 aromatic heterocycles. The predicted octanol–water partition coefficient (Wildman–Crippen LogP) is 4.40. The van der Waals surface area contributed by atoms with Gasteiger partial charge < -0.3 is 14.9 Å². The van der Waals surface area contributed by atoms with E-state index in [-0.39, 0.29) is 39.8 Å². The minimum atomic E-state index is -0.702. The highest BCUT2D eigenvalue weighted by atomic mass is 19.1. The number of phenolic OH excluding ortho intramolecular Hbond substituents is 1. The van der Waals surface area contributed by atoms with Crippen LogP contribution in [0.1, 0.15) is 25.7 Å². The molecule has 8 heteroatoms. The van der Waals surface area contributed by atoms with Crippen LogP contribution < -0.4 is 4.74 Å². The summed E-state index contributed by atoms with van der Waals surface area (Å²) in [5.41, 5.74) is 0.394. The minimum absolute atomic E-state index is 0.0106. The van der Waals surface area contributed by atoms with Gasteiger partial charge in [0.2, 0.25) is 5.88 Å². The minimum Gasteiger partial charge on any atom is -0.508 e. The van der Waals surface area contributed by atoms with Gasteiger partial charge in [0.05, 0.1) is 10.9 Å². The monoisotopic (exact) mass is 446 g/mol. The van der Waals surface area contributed by atoms with Crippen LogP contribution in [0.5, 0.6) is 17.6 Å². The number of rotatable bonds is 4. The summed E-state index contributed by atoms with van der Waals surface area (Å²) in [6.07, 6.45) is 5.72. The smallest absolute Gasteiger partial charge is 0.320 e. The van der Waals surface area contributed by atoms with E-state index in [4.69, 9.17) is 4.74 Å². The predicted molar refractivity (Wildman–Crippen MR) is 122 cm³/mol. The van der Waals surface area contributed by atoms with Crippen molar-refractivity contribution in [3.8, 4) is 28.9 Å². The molecule has 168 valence electrons. The van der Waals surface area contributed by atoms with Crippen LogP contribution >= 0.6 is 0 Å². The van der Waals surface area contributed by atoms with Crippen molar-refractivity contribution in [1.29, 1.82) is 0 Å². The highest BCUT2D eigenvalue weighted by molar-refractivity contribution is 5.99. The van der Waals surface area contributed by atoms with Gasteiger partial charge in [-0.3, -0.25) is 9.88 Å². The zero-order chi connectivity index (χ0) is 22.6. The maximum Gasteiger partial charge on any atom is 0.320 e. The Labute approximate surface area is 189 Å². The highest BCUT2D eigenvalue weighted by Crippen LogP contribution is 2.40. The number of fused-ring (bicyclic) bond motifs is 3. The zero-order valence-corrected chi connectivity index (χ0v) is 18.0. The molecule has 2 aliphatic rings. The van der Waals surface area contributed by atoms with Crippen LogP contribution in [0, 0.1) is 5.82 Å². The van der Waals surface area contributed by atoms with E-state index in [0.717, 1.165) is 49.5 Å². The van der Waals surface area contributed by atoms with Crippen molar-refractivity contribution in [2.45, 2.75) is 31.2 Å². The van der Waals surface area contributed by atoms with Gasteiger partial charge in [0.15, 0.2) is 5.82 Å². The normalized spacial score (nSPS) is 17.6. The van der Waals surface area contributed by atoms with E-state index < -0.39 is 5.82 Å². The third-order valence-electron chi connectivity index (χ3n) is 7.03. The van der Waals surface area contributed by atoms with Crippen molar-refractivity contribution < 1.29 is 19.3 Å². The number of hydrogen-bond acceptors (Lipinski definition) is 7. The molecule has 7 nitrogen and oxygen atoms in total. The summed E-state index contributed by atoms with van der Waals surface area (Å²) >= 11 is 0. The van der Waals surface area contributed by atoms with Crippen molar-refractivity contribution in [3.05, 3.63) is 48.4 Å². The van der Waals surface area contributed by atoms with Gasteiger partial charge in [-0.05, 0) is 61.7 Å². The van der Waals surface area contributed by atoms with Gasteiger partial charge in [-0.25, -0.2) is 4.39 Å². The first-order valence-electron chi connectivity index (χ1n) is 11.2. The van der Waals surface area contributed by atoms with Crippen molar-refractivity contribution in [3.63, 3.8) is 0 Å². The lowest BCUT2D eigenvalue weighted by Gasteiger charge is -2.31. The van der Waals surface area contributed by atoms with Crippen molar-refractivity contribution in [2.24, 2.45) is 0 Å². The van der Waals surface area contributed by atoms with Crippen molar-refractivity contribution >= 4 is 21.7 Å². The van der Waals surface area contributed by atoms with Crippen LogP contribution in [0.25, 0.3) is 32.9 Å². The van der Waals surface area contributed by atoms with E-state index >= 15 is 4.39 Å². The number of pyridine rings is 1. The number of aromatic nitrogens is 3. The largest absolute Gasteiger partial charge is 0.508 e. The molecule has 0 unspecified atom stereocenters. The number of phenols is 1. The number of ether oxygens (including phenoxy) is 1. The summed E-state index contributed by atoms with van der Waals surface area (Å²) < 4.78 is 21.6. The first kappa shape index (κ1) is 20.1. The van der Waals surface area contributed by atoms with Gasteiger partial charge in [-0.15, -0.1) is 0 Å². The number of nitrogens with zero attached hydrogens (tertiary/aromatic N) is 4. The Morgan fingerprint density at radius 1 is 1.03 bits per heavy atom. The first-order valence-corrected chi connectivity index (χ1v) is 11.2. The summed E-state index contributed by atoms with van der Waals surface area (Å²) in [6, 6.07) is 10.4. The Balaban J connectivity index is 1.42. The third-order valence-corrected chi connectivity index (χ3v) is 7.03. The number of aromatic hydroxyl groups is 2. The van der Waals surface area contributed by atoms with Gasteiger partial charge in [-0.2, -0.15) is 9.97 Å². The van der Waals surface area contributed by atoms with Gasteiger partial charge in [0.25, 0.3) is 0 Å². The molecule has 0 bridgehead atoms. The summed E-state index contributed by atoms with van der Waals surface area (Å²) in [7, 11) is 0. The van der Waals surface area contributed by atoms with Gasteiger partial charge in [-0.1, -0.05) is 24.3 Å². The summed E-state index contributed by atoms with van der Waals surface area (Å²) in [6.45, 7) is 2.54. The van der Waals surface area contributed by atoms with Crippen LogP contribution in [0.2, 0.25) is 0 Å². The lowest BCUT2D eigenvalue weighted by molar-refractivity contribution is 0.107. The number of halogens is 1. The topological polar surface area (TPSA) is 91.6 Å². The maximum atomic E-state index is 15.7. The zero-order valence-electron chi connectivity index (χ0n) is 18.0. The lowest BCUT2D eigenvalue weighted by Crippen LogP contribution is -2.43. The molecular weight excluding hydrogens is 423 g/mol. The second-order valence-corrected chi connectivity index (χ2v) is 8.93. The fourth-order valence-electron chi connectivity index (χ4n) is 5.42. The maximum absolute atomic E-state index is 15.7. The molecular formula is C25H23FN4O3. The van der Waals surface area contributed by atoms with E-state index in [1.54, 1.807) is 6.07 Å². The fraction of sp³-hybridized carbons (Fsp3) is 0.320. The quantitative estimate of drug-likeness (QED) is 0.480. The summed E-state index contributed by atoms with van der Waals surface area (Å²) in [5, 5.41) is 22.2. The molecule has 0 aliphatic carbocycles. The third kappa shape index (κ3) is 3.24. The molecule has 2 N–H and O–H groups in total. The average molecular weight is 446 g/mol. The highest BCUT2D eigenvalue weighted by Gasteiger charge is 2.45. The molecule has 6 rings (SSSR count). The standard InChI is InChI=1S/C25H23FN4O3/c26-20-21(18-12-16(31)11-15-5-1-2-6-17(15)18)27-13-19-22(20)28-24(29-23(19)32)33-14-25-7-3-9-30(25)10-4-8-25/h1-2,5-6,11-13,31H,3-4,7-10,14H2,(H,28,29,32). The molecule has 2 aliphatic heterocycles. The molecule has 0 atom stereocenters. The molecule has 0 amide bonds. The Kier molecular flexibility index (Phi) is 4.58. The van der Waals surface area contributed by atoms with Crippen molar-refractivity contribution in [1.82, 2.24) is 19.9 Å². The van der Waals surface area contributed by atoms with Crippen LogP contribution in [0.15, 0.2) is 42.6 Å². The van der Waals surface area contributed by atoms with Crippen LogP contribution in [0.3, 0.4) is 0 Å². The van der Waals surface area contributed by atoms with E-state index in [1.165, 1.54) is 12.3 Å². The molecule has 2 aromatic carbocycles. The van der Waals surface area contributed by atoms with E-state index in [9.17, 15) is 10.2 Å². The SMILES string of the molecule is Oc1cc(-c2ncc3c(O)nc(OCC45CCCN4CCC5)nc3c2F)c2ccccc2c1. The Bertz CT molecular complexity index is 1380. The molecule has 0 spiro atoms. The molecule has 0 radical (unpaired) electrons. The van der Waals surface area contributed by atoms with E-state index in [2.05, 4.69) is 19.9 Å². The molecule has 33 heavy (non-hydrogen) atoms. The second-order valence-electron chi connectivity index (χ2n) is 8.93. The van der Waals surface area contributed by atoms with Gasteiger partial charge in [0, 0.05) is 11.8 Å². The molecule has 0 saturated carbocycles. The number of benzene rings is 2. The van der Waals surface area contributed by atoms with Gasteiger partial charge in [0.1, 0.15) is 23.6 Å². The summed E-state index contributed by atoms with van der Waals surface area (Å²) in [5.74, 6) is -1.07. The Morgan fingerprint density at radius 3 is 2.64 bits per heavy atom. The van der Waals surface area contributed by atoms with Gasteiger partial charge >= 0.3 is 6.01 Å². The summed E-state index contributed by atoms with van der Waals surface area (Å²) in [4.78, 5) is 15.0. The lowest BCUT2D eigenvalue weighted by atomic mass is 9.95. The van der Waals surface area contributed by atoms with Crippen LogP contribution in [0.4, 0.5) is 4.39 Å². The molecule has 4 aromatic rings. The number of hydrogen-bond donors (Lipinski definition) is 2. The van der Waals surface area contributed by atoms with E-state index in [1.807, 2.05) is 24.3 Å². The average Bonchev–Trinajstić information content (AvgIpc) is 3.38. The fourth-order valence-corrected chi connectivity index (χ4v) is 5.42. The van der Waals surface area contributed by atoms with Crippen molar-refractivity contribution in [2.75, 3.05) is 19.7 Å². The molecule has 4 heterocycles. The first-order chi connectivity index (χ1) is 16.0. The van der Waals surface area contributed by atoms with E-state index in [0.29, 0.717) is 12.2 Å². The Morgan fingerprint density at radius 2 is 1.82 bits per heavy atom. The van der Waals surface area contributed by atoms with Crippen LogP contribution in [-0.2, 0) is 0 Å². The Hall–Kier alpha value is -3.52. The van der Waals surface area contributed by atoms with Crippen LogP contribution in [-0.4, -0.2) is 55.3 Å². The second kappa shape index (κ2) is 7.52.